The average molecular weight is 401 g/mol. The van der Waals surface area contributed by atoms with E-state index in [1.807, 2.05) is 6.92 Å². The number of sulfonamides is 1. The van der Waals surface area contributed by atoms with Gasteiger partial charge in [-0.3, -0.25) is 9.52 Å². The molecule has 0 fully saturated rings. The van der Waals surface area contributed by atoms with Crippen LogP contribution in [0, 0.1) is 10.5 Å². The second-order valence-electron chi connectivity index (χ2n) is 4.27. The molecule has 20 heavy (non-hydrogen) atoms. The number of halogens is 1. The van der Waals surface area contributed by atoms with E-state index in [1.54, 1.807) is 30.3 Å². The molecule has 104 valence electrons. The number of hydrogen-bond acceptors (Lipinski definition) is 3. The van der Waals surface area contributed by atoms with Crippen LogP contribution in [0.1, 0.15) is 15.9 Å². The zero-order valence-electron chi connectivity index (χ0n) is 10.6. The van der Waals surface area contributed by atoms with Gasteiger partial charge >= 0.3 is 0 Å². The maximum atomic E-state index is 12.2. The molecule has 2 aromatic rings. The predicted octanol–water partition coefficient (Wildman–Crippen LogP) is 3.21. The average Bonchev–Trinajstić information content (AvgIpc) is 2.41. The van der Waals surface area contributed by atoms with E-state index in [2.05, 4.69) is 27.3 Å². The Hall–Kier alpha value is -1.41. The van der Waals surface area contributed by atoms with Crippen LogP contribution in [0.4, 0.5) is 5.69 Å². The van der Waals surface area contributed by atoms with Crippen LogP contribution in [0.5, 0.6) is 0 Å². The number of hydrogen-bond donors (Lipinski definition) is 1. The third-order valence-corrected chi connectivity index (χ3v) is 4.77. The van der Waals surface area contributed by atoms with Crippen molar-refractivity contribution in [2.75, 3.05) is 4.72 Å². The van der Waals surface area contributed by atoms with Gasteiger partial charge in [-0.2, -0.15) is 0 Å². The maximum absolute atomic E-state index is 12.2. The Balaban J connectivity index is 2.38. The van der Waals surface area contributed by atoms with E-state index in [0.29, 0.717) is 11.8 Å². The molecule has 0 aliphatic carbocycles. The molecule has 0 saturated carbocycles. The van der Waals surface area contributed by atoms with Crippen molar-refractivity contribution in [3.8, 4) is 0 Å². The van der Waals surface area contributed by atoms with E-state index in [9.17, 15) is 13.2 Å². The lowest BCUT2D eigenvalue weighted by Crippen LogP contribution is -2.14. The molecule has 0 heterocycles. The van der Waals surface area contributed by atoms with Gasteiger partial charge in [-0.15, -0.1) is 0 Å². The summed E-state index contributed by atoms with van der Waals surface area (Å²) < 4.78 is 27.8. The van der Waals surface area contributed by atoms with Gasteiger partial charge in [0.2, 0.25) is 0 Å². The minimum atomic E-state index is -3.69. The smallest absolute Gasteiger partial charge is 0.261 e. The van der Waals surface area contributed by atoms with Crippen molar-refractivity contribution in [2.45, 2.75) is 11.8 Å². The van der Waals surface area contributed by atoms with Crippen molar-refractivity contribution >= 4 is 44.6 Å². The van der Waals surface area contributed by atoms with Crippen LogP contribution in [0.15, 0.2) is 47.4 Å². The number of aldehydes is 1. The largest absolute Gasteiger partial charge is 0.298 e. The number of aryl methyl sites for hydroxylation is 1. The van der Waals surface area contributed by atoms with Crippen molar-refractivity contribution in [1.29, 1.82) is 0 Å². The molecule has 0 saturated heterocycles. The summed E-state index contributed by atoms with van der Waals surface area (Å²) in [5.74, 6) is 0. The molecule has 0 aliphatic heterocycles. The molecular weight excluding hydrogens is 389 g/mol. The number of carbonyl (C=O) groups is 1. The molecule has 2 aromatic carbocycles. The van der Waals surface area contributed by atoms with Gasteiger partial charge in [0.05, 0.1) is 10.6 Å². The highest BCUT2D eigenvalue weighted by molar-refractivity contribution is 14.1. The van der Waals surface area contributed by atoms with Gasteiger partial charge in [0.1, 0.15) is 0 Å². The molecule has 4 nitrogen and oxygen atoms in total. The molecule has 0 amide bonds. The Morgan fingerprint density at radius 3 is 2.35 bits per heavy atom. The molecule has 0 aliphatic rings. The van der Waals surface area contributed by atoms with Crippen LogP contribution in [0.2, 0.25) is 0 Å². The third kappa shape index (κ3) is 3.37. The van der Waals surface area contributed by atoms with Crippen molar-refractivity contribution < 1.29 is 13.2 Å². The van der Waals surface area contributed by atoms with E-state index in [0.717, 1.165) is 9.13 Å². The number of carbonyl (C=O) groups excluding carboxylic acids is 1. The Bertz CT molecular complexity index is 740. The van der Waals surface area contributed by atoms with Gasteiger partial charge in [0.25, 0.3) is 10.0 Å². The van der Waals surface area contributed by atoms with Crippen molar-refractivity contribution in [3.63, 3.8) is 0 Å². The number of nitrogens with one attached hydrogen (secondary N) is 1. The van der Waals surface area contributed by atoms with Crippen LogP contribution in [-0.4, -0.2) is 14.7 Å². The van der Waals surface area contributed by atoms with Gasteiger partial charge in [-0.05, 0) is 59.8 Å². The normalized spacial score (nSPS) is 11.1. The Kier molecular flexibility index (Phi) is 4.44. The van der Waals surface area contributed by atoms with E-state index in [1.165, 1.54) is 12.1 Å². The van der Waals surface area contributed by atoms with Gasteiger partial charge in [-0.25, -0.2) is 8.42 Å². The molecule has 0 atom stereocenters. The fourth-order valence-electron chi connectivity index (χ4n) is 1.65. The molecule has 1 N–H and O–H groups in total. The molecule has 0 unspecified atom stereocenters. The highest BCUT2D eigenvalue weighted by Crippen LogP contribution is 2.21. The Morgan fingerprint density at radius 2 is 1.75 bits per heavy atom. The summed E-state index contributed by atoms with van der Waals surface area (Å²) in [6, 6.07) is 11.5. The minimum Gasteiger partial charge on any atom is -0.298 e. The van der Waals surface area contributed by atoms with E-state index in [4.69, 9.17) is 0 Å². The highest BCUT2D eigenvalue weighted by Gasteiger charge is 2.15. The molecule has 2 rings (SSSR count). The second-order valence-corrected chi connectivity index (χ2v) is 7.20. The van der Waals surface area contributed by atoms with Crippen molar-refractivity contribution in [2.24, 2.45) is 0 Å². The summed E-state index contributed by atoms with van der Waals surface area (Å²) in [6.07, 6.45) is 0.634. The quantitative estimate of drug-likeness (QED) is 0.632. The first kappa shape index (κ1) is 15.0. The SMILES string of the molecule is Cc1ccc(S(=O)(=O)Nc2ccc(I)cc2C=O)cc1. The number of anilines is 1. The summed E-state index contributed by atoms with van der Waals surface area (Å²) in [4.78, 5) is 11.2. The predicted molar refractivity (Wildman–Crippen MR) is 86.5 cm³/mol. The number of benzene rings is 2. The molecular formula is C14H12INO3S. The van der Waals surface area contributed by atoms with E-state index >= 15 is 0 Å². The molecule has 6 heteroatoms. The van der Waals surface area contributed by atoms with E-state index in [-0.39, 0.29) is 10.6 Å². The first-order valence-corrected chi connectivity index (χ1v) is 8.33. The minimum absolute atomic E-state index is 0.165. The van der Waals surface area contributed by atoms with Crippen molar-refractivity contribution in [1.82, 2.24) is 0 Å². The summed E-state index contributed by atoms with van der Waals surface area (Å²) in [6.45, 7) is 1.88. The molecule has 0 aromatic heterocycles. The fourth-order valence-corrected chi connectivity index (χ4v) is 3.25. The summed E-state index contributed by atoms with van der Waals surface area (Å²) in [5.41, 5.74) is 1.57. The first-order chi connectivity index (χ1) is 9.42. The summed E-state index contributed by atoms with van der Waals surface area (Å²) >= 11 is 2.06. The Morgan fingerprint density at radius 1 is 1.10 bits per heavy atom. The lowest BCUT2D eigenvalue weighted by atomic mass is 10.2. The monoisotopic (exact) mass is 401 g/mol. The zero-order valence-corrected chi connectivity index (χ0v) is 13.6. The maximum Gasteiger partial charge on any atom is 0.261 e. The lowest BCUT2D eigenvalue weighted by molar-refractivity contribution is 0.112. The third-order valence-electron chi connectivity index (χ3n) is 2.72. The zero-order chi connectivity index (χ0) is 14.8. The van der Waals surface area contributed by atoms with Crippen LogP contribution < -0.4 is 4.72 Å². The van der Waals surface area contributed by atoms with E-state index < -0.39 is 10.0 Å². The van der Waals surface area contributed by atoms with Crippen LogP contribution in [0.25, 0.3) is 0 Å². The van der Waals surface area contributed by atoms with Crippen LogP contribution in [0.3, 0.4) is 0 Å². The summed E-state index contributed by atoms with van der Waals surface area (Å²) in [5, 5.41) is 0. The summed E-state index contributed by atoms with van der Waals surface area (Å²) in [7, 11) is -3.69. The fraction of sp³-hybridized carbons (Fsp3) is 0.0714. The molecule has 0 bridgehead atoms. The molecule has 0 radical (unpaired) electrons. The van der Waals surface area contributed by atoms with Crippen molar-refractivity contribution in [3.05, 3.63) is 57.2 Å². The first-order valence-electron chi connectivity index (χ1n) is 5.76. The standard InChI is InChI=1S/C14H12INO3S/c1-10-2-5-13(6-3-10)20(18,19)16-14-7-4-12(15)8-11(14)9-17/h2-9,16H,1H3. The van der Waals surface area contributed by atoms with Gasteiger partial charge in [0, 0.05) is 9.13 Å². The Labute approximate surface area is 131 Å². The van der Waals surface area contributed by atoms with Gasteiger partial charge in [-0.1, -0.05) is 17.7 Å². The van der Waals surface area contributed by atoms with Crippen LogP contribution >= 0.6 is 22.6 Å². The number of rotatable bonds is 4. The van der Waals surface area contributed by atoms with Gasteiger partial charge in [0.15, 0.2) is 6.29 Å². The van der Waals surface area contributed by atoms with Gasteiger partial charge < -0.3 is 0 Å². The lowest BCUT2D eigenvalue weighted by Gasteiger charge is -2.10. The molecule has 0 spiro atoms. The second kappa shape index (κ2) is 5.92. The topological polar surface area (TPSA) is 63.2 Å². The van der Waals surface area contributed by atoms with Crippen LogP contribution in [-0.2, 0) is 10.0 Å². The highest BCUT2D eigenvalue weighted by atomic mass is 127.